The van der Waals surface area contributed by atoms with E-state index in [4.69, 9.17) is 19.8 Å². The number of β-lactam (4-membered cyclic amide) rings is 1. The first-order chi connectivity index (χ1) is 12.9. The standard InChI is InChI=1S/C13H17N5O6S/c1-13(2)9(11(22)18(13)23-3)16-10(21)8(17-24-4-7(19)20)6-5-25-12(14)15-6/h5,9H,4H2,1-3H3,(H2,14,15)(H,16,21)(H,19,20)/b17-8-/t9-/m1/s1/i1D3/t9-,13+. The second-order valence-corrected chi connectivity index (χ2v) is 5.94. The summed E-state index contributed by atoms with van der Waals surface area (Å²) in [7, 11) is 1.13. The highest BCUT2D eigenvalue weighted by atomic mass is 32.1. The van der Waals surface area contributed by atoms with Crippen LogP contribution in [0.1, 0.15) is 23.6 Å². The van der Waals surface area contributed by atoms with Gasteiger partial charge in [0.25, 0.3) is 11.8 Å². The topological polar surface area (TPSA) is 156 Å². The number of hydrogen-bond acceptors (Lipinski definition) is 9. The summed E-state index contributed by atoms with van der Waals surface area (Å²) in [5.41, 5.74) is 3.20. The number of aliphatic carboxylic acids is 1. The Kier molecular flexibility index (Phi) is 4.10. The summed E-state index contributed by atoms with van der Waals surface area (Å²) in [4.78, 5) is 48.7. The maximum Gasteiger partial charge on any atom is 0.344 e. The fourth-order valence-electron chi connectivity index (χ4n) is 2.07. The number of nitrogens with two attached hydrogens (primary N) is 1. The Bertz CT molecular complexity index is 828. The predicted molar refractivity (Wildman–Crippen MR) is 86.5 cm³/mol. The Labute approximate surface area is 150 Å². The van der Waals surface area contributed by atoms with Crippen LogP contribution >= 0.6 is 11.3 Å². The van der Waals surface area contributed by atoms with Gasteiger partial charge in [-0.25, -0.2) is 14.8 Å². The molecule has 1 aromatic rings. The maximum atomic E-state index is 12.6. The predicted octanol–water partition coefficient (Wildman–Crippen LogP) is -0.802. The van der Waals surface area contributed by atoms with Gasteiger partial charge < -0.3 is 21.0 Å². The van der Waals surface area contributed by atoms with E-state index in [1.807, 2.05) is 0 Å². The highest BCUT2D eigenvalue weighted by Gasteiger charge is 2.56. The second kappa shape index (κ2) is 7.03. The average molecular weight is 374 g/mol. The van der Waals surface area contributed by atoms with Gasteiger partial charge in [0, 0.05) is 9.49 Å². The van der Waals surface area contributed by atoms with Crippen molar-refractivity contribution in [3.8, 4) is 0 Å². The van der Waals surface area contributed by atoms with Crippen LogP contribution in [-0.4, -0.2) is 63.9 Å². The smallest absolute Gasteiger partial charge is 0.344 e. The molecule has 0 radical (unpaired) electrons. The molecule has 1 aromatic heterocycles. The van der Waals surface area contributed by atoms with Crippen LogP contribution in [-0.2, 0) is 24.1 Å². The molecule has 2 amide bonds. The third kappa shape index (κ3) is 3.69. The molecule has 136 valence electrons. The lowest BCUT2D eigenvalue weighted by Crippen LogP contribution is -2.76. The summed E-state index contributed by atoms with van der Waals surface area (Å²) in [6, 6.07) is -1.45. The number of thiazole rings is 1. The summed E-state index contributed by atoms with van der Waals surface area (Å²) in [5.74, 6) is -3.11. The monoisotopic (exact) mass is 374 g/mol. The molecule has 0 unspecified atom stereocenters. The van der Waals surface area contributed by atoms with Crippen LogP contribution in [0.3, 0.4) is 0 Å². The van der Waals surface area contributed by atoms with E-state index in [2.05, 4.69) is 20.3 Å². The minimum atomic E-state index is -2.68. The number of anilines is 1. The Balaban J connectivity index is 2.30. The zero-order valence-corrected chi connectivity index (χ0v) is 14.0. The molecule has 1 saturated heterocycles. The molecule has 0 aliphatic carbocycles. The SMILES string of the molecule is [2H]C([2H])([2H])[C@]1(C)[C@H](NC(=O)/C(=N\OCC(=O)O)c2csc(N)n2)C(=O)N1OC. The van der Waals surface area contributed by atoms with Crippen molar-refractivity contribution in [1.29, 1.82) is 0 Å². The lowest BCUT2D eigenvalue weighted by Gasteiger charge is -2.51. The van der Waals surface area contributed by atoms with Gasteiger partial charge in [0.05, 0.1) is 12.6 Å². The molecular formula is C13H17N5O6S. The quantitative estimate of drug-likeness (QED) is 0.318. The molecule has 1 aliphatic rings. The van der Waals surface area contributed by atoms with Crippen molar-refractivity contribution in [2.45, 2.75) is 25.4 Å². The zero-order valence-electron chi connectivity index (χ0n) is 16.2. The molecule has 12 heteroatoms. The molecular weight excluding hydrogens is 354 g/mol. The van der Waals surface area contributed by atoms with Gasteiger partial charge in [-0.2, -0.15) is 0 Å². The van der Waals surface area contributed by atoms with Crippen molar-refractivity contribution < 1.29 is 33.3 Å². The van der Waals surface area contributed by atoms with Gasteiger partial charge in [-0.1, -0.05) is 5.16 Å². The van der Waals surface area contributed by atoms with Crippen LogP contribution in [0, 0.1) is 0 Å². The molecule has 4 N–H and O–H groups in total. The van der Waals surface area contributed by atoms with Gasteiger partial charge in [-0.05, 0) is 13.8 Å². The molecule has 2 heterocycles. The number of rotatable bonds is 7. The van der Waals surface area contributed by atoms with Gasteiger partial charge >= 0.3 is 5.97 Å². The number of hydroxylamine groups is 2. The van der Waals surface area contributed by atoms with E-state index in [0.717, 1.165) is 18.4 Å². The minimum absolute atomic E-state index is 0.0312. The van der Waals surface area contributed by atoms with Crippen LogP contribution in [0.15, 0.2) is 10.5 Å². The van der Waals surface area contributed by atoms with Gasteiger partial charge in [0.15, 0.2) is 10.8 Å². The first kappa shape index (κ1) is 14.6. The number of nitrogens with one attached hydrogen (secondary N) is 1. The minimum Gasteiger partial charge on any atom is -0.479 e. The third-order valence-corrected chi connectivity index (χ3v) is 3.89. The highest BCUT2D eigenvalue weighted by molar-refractivity contribution is 7.13. The third-order valence-electron chi connectivity index (χ3n) is 3.21. The van der Waals surface area contributed by atoms with Crippen molar-refractivity contribution in [3.05, 3.63) is 11.1 Å². The molecule has 1 fully saturated rings. The molecule has 0 aromatic carbocycles. The number of hydrogen-bond donors (Lipinski definition) is 3. The van der Waals surface area contributed by atoms with Crippen LogP contribution < -0.4 is 11.1 Å². The summed E-state index contributed by atoms with van der Waals surface area (Å²) in [5, 5.41) is 16.5. The van der Waals surface area contributed by atoms with E-state index in [1.54, 1.807) is 0 Å². The van der Waals surface area contributed by atoms with E-state index in [1.165, 1.54) is 12.3 Å². The number of carbonyl (C=O) groups is 3. The summed E-state index contributed by atoms with van der Waals surface area (Å²) < 4.78 is 23.0. The van der Waals surface area contributed by atoms with E-state index >= 15 is 0 Å². The number of aromatic nitrogens is 1. The molecule has 0 spiro atoms. The first-order valence-electron chi connectivity index (χ1n) is 8.25. The van der Waals surface area contributed by atoms with Gasteiger partial charge in [0.1, 0.15) is 11.7 Å². The molecule has 2 atom stereocenters. The van der Waals surface area contributed by atoms with Crippen molar-refractivity contribution >= 4 is 40.0 Å². The van der Waals surface area contributed by atoms with Crippen molar-refractivity contribution in [2.24, 2.45) is 5.16 Å². The number of nitrogen functional groups attached to an aromatic ring is 1. The zero-order chi connectivity index (χ0) is 21.3. The van der Waals surface area contributed by atoms with Crippen molar-refractivity contribution in [2.75, 3.05) is 19.5 Å². The van der Waals surface area contributed by atoms with Crippen LogP contribution in [0.25, 0.3) is 0 Å². The molecule has 1 aliphatic heterocycles. The largest absolute Gasteiger partial charge is 0.479 e. The summed E-state index contributed by atoms with van der Waals surface area (Å²) >= 11 is 0.986. The molecule has 0 bridgehead atoms. The van der Waals surface area contributed by atoms with E-state index in [9.17, 15) is 14.4 Å². The Morgan fingerprint density at radius 3 is 2.92 bits per heavy atom. The molecule has 11 nitrogen and oxygen atoms in total. The fourth-order valence-corrected chi connectivity index (χ4v) is 2.62. The van der Waals surface area contributed by atoms with Gasteiger partial charge in [0.2, 0.25) is 6.61 Å². The Morgan fingerprint density at radius 2 is 2.40 bits per heavy atom. The Hall–Kier alpha value is -2.73. The van der Waals surface area contributed by atoms with Crippen LogP contribution in [0.5, 0.6) is 0 Å². The van der Waals surface area contributed by atoms with Gasteiger partial charge in [-0.3, -0.25) is 14.4 Å². The number of nitrogens with zero attached hydrogens (tertiary/aromatic N) is 3. The number of carboxylic acids is 1. The van der Waals surface area contributed by atoms with E-state index < -0.39 is 48.5 Å². The van der Waals surface area contributed by atoms with Gasteiger partial charge in [-0.15, -0.1) is 11.3 Å². The summed E-state index contributed by atoms with van der Waals surface area (Å²) in [6.07, 6.45) is 0. The number of amides is 2. The molecule has 0 saturated carbocycles. The lowest BCUT2D eigenvalue weighted by atomic mass is 9.84. The first-order valence-corrected chi connectivity index (χ1v) is 7.63. The van der Waals surface area contributed by atoms with Crippen molar-refractivity contribution in [3.63, 3.8) is 0 Å². The normalized spacial score (nSPS) is 25.4. The Morgan fingerprint density at radius 1 is 1.68 bits per heavy atom. The maximum absolute atomic E-state index is 12.6. The van der Waals surface area contributed by atoms with Crippen LogP contribution in [0.2, 0.25) is 0 Å². The molecule has 2 rings (SSSR count). The lowest BCUT2D eigenvalue weighted by molar-refractivity contribution is -0.245. The number of oxime groups is 1. The van der Waals surface area contributed by atoms with E-state index in [-0.39, 0.29) is 10.8 Å². The van der Waals surface area contributed by atoms with Crippen LogP contribution in [0.4, 0.5) is 5.13 Å². The summed E-state index contributed by atoms with van der Waals surface area (Å²) in [6.45, 7) is -2.28. The number of carboxylic acid groups (broad SMARTS) is 1. The highest BCUT2D eigenvalue weighted by Crippen LogP contribution is 2.31. The van der Waals surface area contributed by atoms with E-state index in [0.29, 0.717) is 5.06 Å². The van der Waals surface area contributed by atoms with Crippen molar-refractivity contribution in [1.82, 2.24) is 15.4 Å². The second-order valence-electron chi connectivity index (χ2n) is 5.05. The fraction of sp³-hybridized carbons (Fsp3) is 0.462. The average Bonchev–Trinajstić information content (AvgIpc) is 3.01. The number of carbonyl (C=O) groups excluding carboxylic acids is 2. The molecule has 25 heavy (non-hydrogen) atoms.